The highest BCUT2D eigenvalue weighted by molar-refractivity contribution is 5.78. The van der Waals surface area contributed by atoms with Crippen LogP contribution < -0.4 is 0 Å². The molecule has 4 nitrogen and oxygen atoms in total. The molecule has 4 heteroatoms. The van der Waals surface area contributed by atoms with Crippen molar-refractivity contribution in [3.05, 3.63) is 0 Å². The molecule has 0 aliphatic heterocycles. The van der Waals surface area contributed by atoms with Crippen LogP contribution >= 0.6 is 0 Å². The Labute approximate surface area is 89.6 Å². The molecular weight excluding hydrogens is 196 g/mol. The van der Waals surface area contributed by atoms with Crippen molar-refractivity contribution >= 4 is 11.9 Å². The van der Waals surface area contributed by atoms with Crippen LogP contribution in [0.1, 0.15) is 27.2 Å². The predicted molar refractivity (Wildman–Crippen MR) is 54.2 cm³/mol. The summed E-state index contributed by atoms with van der Waals surface area (Å²) in [5.74, 6) is -1.83. The van der Waals surface area contributed by atoms with Gasteiger partial charge in [-0.3, -0.25) is 9.59 Å². The Hall–Kier alpha value is -1.06. The molecule has 1 saturated carbocycles. The first-order chi connectivity index (χ1) is 6.82. The van der Waals surface area contributed by atoms with Crippen LogP contribution in [0.15, 0.2) is 0 Å². The van der Waals surface area contributed by atoms with Crippen LogP contribution in [0.4, 0.5) is 0 Å². The van der Waals surface area contributed by atoms with E-state index in [4.69, 9.17) is 9.84 Å². The van der Waals surface area contributed by atoms with Gasteiger partial charge in [-0.15, -0.1) is 0 Å². The maximum absolute atomic E-state index is 11.6. The zero-order valence-electron chi connectivity index (χ0n) is 9.61. The molecule has 0 spiro atoms. The van der Waals surface area contributed by atoms with E-state index >= 15 is 0 Å². The lowest BCUT2D eigenvalue weighted by molar-refractivity contribution is -0.153. The third-order valence-electron chi connectivity index (χ3n) is 3.63. The summed E-state index contributed by atoms with van der Waals surface area (Å²) in [6.07, 6.45) is 0.544. The molecule has 1 rings (SSSR count). The summed E-state index contributed by atoms with van der Waals surface area (Å²) in [5, 5.41) is 9.09. The Balaban J connectivity index is 3.00. The van der Waals surface area contributed by atoms with Crippen molar-refractivity contribution in [1.29, 1.82) is 0 Å². The zero-order chi connectivity index (χ0) is 11.8. The highest BCUT2D eigenvalue weighted by atomic mass is 16.5. The maximum Gasteiger partial charge on any atom is 0.309 e. The smallest absolute Gasteiger partial charge is 0.309 e. The number of ether oxygens (including phenoxy) is 1. The number of hydrogen-bond donors (Lipinski definition) is 1. The van der Waals surface area contributed by atoms with E-state index < -0.39 is 17.3 Å². The monoisotopic (exact) mass is 214 g/mol. The molecule has 0 aromatic heterocycles. The van der Waals surface area contributed by atoms with Gasteiger partial charge in [-0.25, -0.2) is 0 Å². The Morgan fingerprint density at radius 1 is 1.40 bits per heavy atom. The van der Waals surface area contributed by atoms with Crippen LogP contribution in [0.3, 0.4) is 0 Å². The second kappa shape index (κ2) is 3.83. The Kier molecular flexibility index (Phi) is 3.07. The topological polar surface area (TPSA) is 63.6 Å². The van der Waals surface area contributed by atoms with E-state index in [0.29, 0.717) is 6.42 Å². The molecule has 0 unspecified atom stereocenters. The number of carbonyl (C=O) groups is 2. The van der Waals surface area contributed by atoms with Gasteiger partial charge in [-0.05, 0) is 17.8 Å². The van der Waals surface area contributed by atoms with Crippen LogP contribution in [0.5, 0.6) is 0 Å². The second-order valence-electron chi connectivity index (χ2n) is 4.93. The number of esters is 1. The molecule has 15 heavy (non-hydrogen) atoms. The highest BCUT2D eigenvalue weighted by Crippen LogP contribution is 2.51. The van der Waals surface area contributed by atoms with Gasteiger partial charge in [0.05, 0.1) is 18.9 Å². The summed E-state index contributed by atoms with van der Waals surface area (Å²) < 4.78 is 4.74. The van der Waals surface area contributed by atoms with Gasteiger partial charge in [-0.1, -0.05) is 20.8 Å². The fourth-order valence-corrected chi connectivity index (χ4v) is 2.84. The molecule has 0 radical (unpaired) electrons. The molecular formula is C11H18O4. The standard InChI is InChI=1S/C11H18O4/c1-6-5-7(9(12)13)11(2,3)8(6)10(14)15-4/h6-8H,5H2,1-4H3,(H,12,13)/t6-,7-,8+/m1/s1. The molecule has 1 N–H and O–H groups in total. The maximum atomic E-state index is 11.6. The molecule has 86 valence electrons. The van der Waals surface area contributed by atoms with Crippen molar-refractivity contribution in [3.63, 3.8) is 0 Å². The van der Waals surface area contributed by atoms with E-state index in [9.17, 15) is 9.59 Å². The molecule has 1 fully saturated rings. The van der Waals surface area contributed by atoms with Crippen LogP contribution in [0.25, 0.3) is 0 Å². The van der Waals surface area contributed by atoms with Crippen molar-refractivity contribution in [1.82, 2.24) is 0 Å². The van der Waals surface area contributed by atoms with Crippen molar-refractivity contribution < 1.29 is 19.4 Å². The zero-order valence-corrected chi connectivity index (χ0v) is 9.61. The summed E-state index contributed by atoms with van der Waals surface area (Å²) in [4.78, 5) is 22.7. The predicted octanol–water partition coefficient (Wildman–Crippen LogP) is 1.54. The molecule has 0 amide bonds. The number of carboxylic acids is 1. The minimum atomic E-state index is -0.821. The van der Waals surface area contributed by atoms with Crippen molar-refractivity contribution in [3.8, 4) is 0 Å². The van der Waals surface area contributed by atoms with Gasteiger partial charge in [0, 0.05) is 0 Å². The number of carbonyl (C=O) groups excluding carboxylic acids is 1. The Bertz CT molecular complexity index is 282. The molecule has 1 aliphatic rings. The summed E-state index contributed by atoms with van der Waals surface area (Å²) in [7, 11) is 1.35. The largest absolute Gasteiger partial charge is 0.481 e. The van der Waals surface area contributed by atoms with Gasteiger partial charge in [0.25, 0.3) is 0 Å². The first-order valence-corrected chi connectivity index (χ1v) is 5.13. The number of aliphatic carboxylic acids is 1. The number of methoxy groups -OCH3 is 1. The number of hydrogen-bond acceptors (Lipinski definition) is 3. The molecule has 0 heterocycles. The van der Waals surface area contributed by atoms with Crippen LogP contribution in [0, 0.1) is 23.2 Å². The minimum Gasteiger partial charge on any atom is -0.481 e. The summed E-state index contributed by atoms with van der Waals surface area (Å²) in [5.41, 5.74) is -0.529. The minimum absolute atomic E-state index is 0.0635. The van der Waals surface area contributed by atoms with Crippen LogP contribution in [-0.2, 0) is 14.3 Å². The Morgan fingerprint density at radius 3 is 2.27 bits per heavy atom. The first kappa shape index (κ1) is 12.0. The van der Waals surface area contributed by atoms with Crippen molar-refractivity contribution in [2.75, 3.05) is 7.11 Å². The van der Waals surface area contributed by atoms with Crippen LogP contribution in [-0.4, -0.2) is 24.2 Å². The molecule has 0 saturated heterocycles. The molecule has 0 aromatic rings. The average molecular weight is 214 g/mol. The van der Waals surface area contributed by atoms with E-state index in [1.807, 2.05) is 20.8 Å². The quantitative estimate of drug-likeness (QED) is 0.708. The lowest BCUT2D eigenvalue weighted by atomic mass is 9.74. The van der Waals surface area contributed by atoms with Crippen molar-refractivity contribution in [2.45, 2.75) is 27.2 Å². The third-order valence-corrected chi connectivity index (χ3v) is 3.63. The van der Waals surface area contributed by atoms with E-state index in [1.54, 1.807) is 0 Å². The van der Waals surface area contributed by atoms with Crippen LogP contribution in [0.2, 0.25) is 0 Å². The number of rotatable bonds is 2. The first-order valence-electron chi connectivity index (χ1n) is 5.13. The van der Waals surface area contributed by atoms with Gasteiger partial charge in [0.1, 0.15) is 0 Å². The molecule has 3 atom stereocenters. The van der Waals surface area contributed by atoms with E-state index in [1.165, 1.54) is 7.11 Å². The normalized spacial score (nSPS) is 33.7. The summed E-state index contributed by atoms with van der Waals surface area (Å²) >= 11 is 0. The lowest BCUT2D eigenvalue weighted by Gasteiger charge is -2.29. The van der Waals surface area contributed by atoms with E-state index in [0.717, 1.165) is 0 Å². The third kappa shape index (κ3) is 1.85. The van der Waals surface area contributed by atoms with Gasteiger partial charge in [0.2, 0.25) is 0 Å². The SMILES string of the molecule is COC(=O)[C@@H]1[C@H](C)C[C@H](C(=O)O)C1(C)C. The van der Waals surface area contributed by atoms with Gasteiger partial charge >= 0.3 is 11.9 Å². The average Bonchev–Trinajstić information content (AvgIpc) is 2.35. The van der Waals surface area contributed by atoms with Gasteiger partial charge < -0.3 is 9.84 Å². The summed E-state index contributed by atoms with van der Waals surface area (Å²) in [6, 6.07) is 0. The van der Waals surface area contributed by atoms with E-state index in [-0.39, 0.29) is 17.8 Å². The second-order valence-corrected chi connectivity index (χ2v) is 4.93. The van der Waals surface area contributed by atoms with Gasteiger partial charge in [0.15, 0.2) is 0 Å². The molecule has 0 bridgehead atoms. The summed E-state index contributed by atoms with van der Waals surface area (Å²) in [6.45, 7) is 5.57. The highest BCUT2D eigenvalue weighted by Gasteiger charge is 2.54. The number of carboxylic acid groups (broad SMARTS) is 1. The fraction of sp³-hybridized carbons (Fsp3) is 0.818. The van der Waals surface area contributed by atoms with Crippen molar-refractivity contribution in [2.24, 2.45) is 23.2 Å². The fourth-order valence-electron chi connectivity index (χ4n) is 2.84. The van der Waals surface area contributed by atoms with Gasteiger partial charge in [-0.2, -0.15) is 0 Å². The lowest BCUT2D eigenvalue weighted by Crippen LogP contribution is -2.36. The van der Waals surface area contributed by atoms with E-state index in [2.05, 4.69) is 0 Å². The molecule has 0 aromatic carbocycles. The molecule has 1 aliphatic carbocycles. The Morgan fingerprint density at radius 2 is 1.93 bits per heavy atom.